The molecule has 5 rings (SSSR count). The van der Waals surface area contributed by atoms with Crippen molar-refractivity contribution < 1.29 is 19.1 Å². The van der Waals surface area contributed by atoms with Crippen molar-refractivity contribution in [2.24, 2.45) is 0 Å². The molecular weight excluding hydrogens is 488 g/mol. The first kappa shape index (κ1) is 24.8. The molecular formula is C30H27ClN2O4. The van der Waals surface area contributed by atoms with Crippen LogP contribution >= 0.6 is 11.6 Å². The van der Waals surface area contributed by atoms with Crippen LogP contribution in [0.5, 0.6) is 11.5 Å². The molecule has 1 heterocycles. The lowest BCUT2D eigenvalue weighted by Crippen LogP contribution is -2.22. The summed E-state index contributed by atoms with van der Waals surface area (Å²) in [6.07, 6.45) is 5.99. The Balaban J connectivity index is 1.25. The van der Waals surface area contributed by atoms with Crippen molar-refractivity contribution >= 4 is 40.1 Å². The molecule has 1 aliphatic rings. The quantitative estimate of drug-likeness (QED) is 0.277. The number of fused-ring (bicyclic) bond motifs is 2. The predicted molar refractivity (Wildman–Crippen MR) is 144 cm³/mol. The Labute approximate surface area is 220 Å². The Kier molecular flexibility index (Phi) is 7.66. The number of hydrogen-bond donors (Lipinski definition) is 1. The average molecular weight is 515 g/mol. The lowest BCUT2D eigenvalue weighted by atomic mass is 9.91. The van der Waals surface area contributed by atoms with Crippen molar-refractivity contribution in [1.29, 1.82) is 0 Å². The fourth-order valence-corrected chi connectivity index (χ4v) is 4.73. The van der Waals surface area contributed by atoms with Gasteiger partial charge in [-0.05, 0) is 85.8 Å². The number of pyridine rings is 1. The van der Waals surface area contributed by atoms with Gasteiger partial charge in [-0.25, -0.2) is 4.79 Å². The predicted octanol–water partition coefficient (Wildman–Crippen LogP) is 7.14. The number of aryl methyl sites for hydroxylation is 1. The molecule has 1 N–H and O–H groups in total. The second-order valence-electron chi connectivity index (χ2n) is 9.05. The minimum Gasteiger partial charge on any atom is -0.457 e. The number of ether oxygens (including phenoxy) is 2. The van der Waals surface area contributed by atoms with Crippen molar-refractivity contribution in [2.75, 3.05) is 11.9 Å². The minimum atomic E-state index is -0.489. The van der Waals surface area contributed by atoms with Crippen LogP contribution in [0.3, 0.4) is 0 Å². The van der Waals surface area contributed by atoms with E-state index in [1.54, 1.807) is 48.5 Å². The number of rotatable bonds is 6. The van der Waals surface area contributed by atoms with E-state index in [4.69, 9.17) is 26.1 Å². The smallest absolute Gasteiger partial charge is 0.339 e. The summed E-state index contributed by atoms with van der Waals surface area (Å²) in [5, 5.41) is 4.16. The fraction of sp³-hybridized carbons (Fsp3) is 0.233. The summed E-state index contributed by atoms with van der Waals surface area (Å²) in [6.45, 7) is -0.382. The van der Waals surface area contributed by atoms with Crippen molar-refractivity contribution in [3.05, 3.63) is 94.6 Å². The van der Waals surface area contributed by atoms with Crippen LogP contribution in [0.1, 0.15) is 47.3 Å². The molecule has 0 atom stereocenters. The van der Waals surface area contributed by atoms with Gasteiger partial charge in [-0.2, -0.15) is 0 Å². The third-order valence-electron chi connectivity index (χ3n) is 6.40. The number of carbonyl (C=O) groups is 2. The number of amides is 1. The van der Waals surface area contributed by atoms with Crippen molar-refractivity contribution in [3.63, 3.8) is 0 Å². The maximum absolute atomic E-state index is 13.3. The number of benzene rings is 3. The first-order valence-electron chi connectivity index (χ1n) is 12.5. The van der Waals surface area contributed by atoms with Gasteiger partial charge < -0.3 is 14.8 Å². The number of halogens is 1. The van der Waals surface area contributed by atoms with Crippen molar-refractivity contribution in [3.8, 4) is 11.5 Å². The molecule has 0 fully saturated rings. The summed E-state index contributed by atoms with van der Waals surface area (Å²) < 4.78 is 11.3. The standard InChI is InChI=1S/C30H27ClN2O4/c31-20-11-15-22(16-12-20)37-23-17-13-21(14-18-23)32-28(34)19-36-30(35)29-24-7-3-1-2-4-9-26(24)33-27-10-6-5-8-25(27)29/h5-6,8,10-18H,1-4,7,9,19H2,(H,32,34). The van der Waals surface area contributed by atoms with Crippen molar-refractivity contribution in [2.45, 2.75) is 38.5 Å². The molecule has 3 aromatic carbocycles. The van der Waals surface area contributed by atoms with Gasteiger partial charge in [0.25, 0.3) is 5.91 Å². The highest BCUT2D eigenvalue weighted by Crippen LogP contribution is 2.29. The Bertz CT molecular complexity index is 1420. The number of para-hydroxylation sites is 1. The molecule has 0 saturated carbocycles. The van der Waals surface area contributed by atoms with Crippen molar-refractivity contribution in [1.82, 2.24) is 4.98 Å². The topological polar surface area (TPSA) is 77.5 Å². The zero-order chi connectivity index (χ0) is 25.6. The number of hydrogen-bond acceptors (Lipinski definition) is 5. The summed E-state index contributed by atoms with van der Waals surface area (Å²) in [5.41, 5.74) is 3.82. The molecule has 0 spiro atoms. The highest BCUT2D eigenvalue weighted by Gasteiger charge is 2.23. The molecule has 1 aromatic heterocycles. The normalized spacial score (nSPS) is 13.2. The van der Waals surface area contributed by atoms with E-state index in [-0.39, 0.29) is 6.61 Å². The van der Waals surface area contributed by atoms with E-state index in [1.165, 1.54) is 6.42 Å². The molecule has 1 aliphatic carbocycles. The van der Waals surface area contributed by atoms with Gasteiger partial charge in [-0.15, -0.1) is 0 Å². The highest BCUT2D eigenvalue weighted by molar-refractivity contribution is 6.30. The molecule has 0 radical (unpaired) electrons. The molecule has 0 saturated heterocycles. The van der Waals surface area contributed by atoms with Gasteiger partial charge in [0, 0.05) is 21.8 Å². The van der Waals surface area contributed by atoms with Gasteiger partial charge >= 0.3 is 5.97 Å². The lowest BCUT2D eigenvalue weighted by Gasteiger charge is -2.18. The summed E-state index contributed by atoms with van der Waals surface area (Å²) in [6, 6.07) is 21.6. The number of carbonyl (C=O) groups excluding carboxylic acids is 2. The van der Waals surface area contributed by atoms with E-state index in [0.717, 1.165) is 54.3 Å². The van der Waals surface area contributed by atoms with Gasteiger partial charge in [0.1, 0.15) is 11.5 Å². The van der Waals surface area contributed by atoms with E-state index in [1.807, 2.05) is 24.3 Å². The second-order valence-corrected chi connectivity index (χ2v) is 9.48. The number of anilines is 1. The summed E-state index contributed by atoms with van der Waals surface area (Å²) in [7, 11) is 0. The van der Waals surface area contributed by atoms with E-state index >= 15 is 0 Å². The largest absolute Gasteiger partial charge is 0.457 e. The van der Waals surface area contributed by atoms with Crippen LogP contribution in [0, 0.1) is 0 Å². The van der Waals surface area contributed by atoms with E-state index < -0.39 is 11.9 Å². The van der Waals surface area contributed by atoms with E-state index in [2.05, 4.69) is 5.32 Å². The molecule has 188 valence electrons. The molecule has 4 aromatic rings. The second kappa shape index (κ2) is 11.4. The Morgan fingerprint density at radius 3 is 2.27 bits per heavy atom. The summed E-state index contributed by atoms with van der Waals surface area (Å²) >= 11 is 5.90. The molecule has 7 heteroatoms. The highest BCUT2D eigenvalue weighted by atomic mass is 35.5. The maximum atomic E-state index is 13.3. The molecule has 0 bridgehead atoms. The Morgan fingerprint density at radius 1 is 0.838 bits per heavy atom. The number of aromatic nitrogens is 1. The molecule has 37 heavy (non-hydrogen) atoms. The number of esters is 1. The maximum Gasteiger partial charge on any atom is 0.339 e. The first-order valence-corrected chi connectivity index (χ1v) is 12.9. The van der Waals surface area contributed by atoms with Gasteiger partial charge in [-0.1, -0.05) is 42.6 Å². The minimum absolute atomic E-state index is 0.382. The summed E-state index contributed by atoms with van der Waals surface area (Å²) in [5.74, 6) is 0.372. The van der Waals surface area contributed by atoms with Gasteiger partial charge in [0.15, 0.2) is 6.61 Å². The van der Waals surface area contributed by atoms with E-state index in [9.17, 15) is 9.59 Å². The first-order chi connectivity index (χ1) is 18.1. The van der Waals surface area contributed by atoms with Crippen LogP contribution in [-0.4, -0.2) is 23.5 Å². The van der Waals surface area contributed by atoms with Crippen LogP contribution in [0.4, 0.5) is 5.69 Å². The number of nitrogens with one attached hydrogen (secondary N) is 1. The zero-order valence-electron chi connectivity index (χ0n) is 20.3. The molecule has 1 amide bonds. The fourth-order valence-electron chi connectivity index (χ4n) is 4.60. The molecule has 0 aliphatic heterocycles. The summed E-state index contributed by atoms with van der Waals surface area (Å²) in [4.78, 5) is 30.7. The van der Waals surface area contributed by atoms with Gasteiger partial charge in [-0.3, -0.25) is 9.78 Å². The zero-order valence-corrected chi connectivity index (χ0v) is 21.1. The molecule has 0 unspecified atom stereocenters. The lowest BCUT2D eigenvalue weighted by molar-refractivity contribution is -0.119. The van der Waals surface area contributed by atoms with Crippen LogP contribution in [0.25, 0.3) is 10.9 Å². The average Bonchev–Trinajstić information content (AvgIpc) is 2.89. The monoisotopic (exact) mass is 514 g/mol. The SMILES string of the molecule is O=C(COC(=O)c1c2c(nc3ccccc13)CCCCCC2)Nc1ccc(Oc2ccc(Cl)cc2)cc1. The third-order valence-corrected chi connectivity index (χ3v) is 6.65. The van der Waals surface area contributed by atoms with Crippen LogP contribution in [0.2, 0.25) is 5.02 Å². The Hall–Kier alpha value is -3.90. The molecule has 6 nitrogen and oxygen atoms in total. The Morgan fingerprint density at radius 2 is 1.51 bits per heavy atom. The van der Waals surface area contributed by atoms with E-state index in [0.29, 0.717) is 27.8 Å². The van der Waals surface area contributed by atoms with Gasteiger partial charge in [0.2, 0.25) is 0 Å². The van der Waals surface area contributed by atoms with Crippen LogP contribution < -0.4 is 10.1 Å². The third kappa shape index (κ3) is 6.09. The van der Waals surface area contributed by atoms with Crippen LogP contribution in [-0.2, 0) is 22.4 Å². The number of nitrogens with zero attached hydrogens (tertiary/aromatic N) is 1. The van der Waals surface area contributed by atoms with Gasteiger partial charge in [0.05, 0.1) is 11.1 Å². The van der Waals surface area contributed by atoms with Crippen LogP contribution in [0.15, 0.2) is 72.8 Å².